The van der Waals surface area contributed by atoms with Gasteiger partial charge in [-0.05, 0) is 36.4 Å². The van der Waals surface area contributed by atoms with E-state index in [2.05, 4.69) is 4.74 Å². The van der Waals surface area contributed by atoms with E-state index >= 15 is 0 Å². The molecule has 0 fully saturated rings. The highest BCUT2D eigenvalue weighted by molar-refractivity contribution is 6.31. The highest BCUT2D eigenvalue weighted by Gasteiger charge is 2.15. The van der Waals surface area contributed by atoms with Crippen LogP contribution in [0.15, 0.2) is 67.0 Å². The van der Waals surface area contributed by atoms with Crippen LogP contribution in [0.4, 0.5) is 0 Å². The summed E-state index contributed by atoms with van der Waals surface area (Å²) >= 11 is 6.03. The van der Waals surface area contributed by atoms with Crippen LogP contribution in [-0.2, 0) is 9.53 Å². The van der Waals surface area contributed by atoms with Crippen LogP contribution in [0.5, 0.6) is 5.75 Å². The van der Waals surface area contributed by atoms with E-state index in [1.807, 2.05) is 0 Å². The highest BCUT2D eigenvalue weighted by Crippen LogP contribution is 2.30. The van der Waals surface area contributed by atoms with E-state index in [9.17, 15) is 14.4 Å². The average Bonchev–Trinajstić information content (AvgIpc) is 2.70. The molecule has 2 aromatic heterocycles. The van der Waals surface area contributed by atoms with Crippen LogP contribution in [-0.4, -0.2) is 19.7 Å². The number of esters is 1. The van der Waals surface area contributed by atoms with Crippen LogP contribution in [0.1, 0.15) is 0 Å². The minimum Gasteiger partial charge on any atom is -0.482 e. The first-order valence-electron chi connectivity index (χ1n) is 8.46. The van der Waals surface area contributed by atoms with Gasteiger partial charge in [0.1, 0.15) is 16.9 Å². The molecule has 4 aromatic rings. The van der Waals surface area contributed by atoms with Gasteiger partial charge in [0.25, 0.3) is 0 Å². The Morgan fingerprint density at radius 3 is 2.59 bits per heavy atom. The van der Waals surface area contributed by atoms with Crippen molar-refractivity contribution in [2.45, 2.75) is 0 Å². The predicted molar refractivity (Wildman–Crippen MR) is 106 cm³/mol. The first-order valence-corrected chi connectivity index (χ1v) is 8.84. The van der Waals surface area contributed by atoms with E-state index in [-0.39, 0.29) is 17.8 Å². The molecular formula is C21H13ClO7. The zero-order chi connectivity index (χ0) is 20.5. The standard InChI is InChI=1S/C21H13ClO7/c1-26-20(24)10-27-13-3-4-14-15(9-19(23)28-18(14)8-13)16-7-11-6-12(22)2-5-17(11)29-21(16)25/h2-9H,10H2,1H3. The molecule has 0 radical (unpaired) electrons. The summed E-state index contributed by atoms with van der Waals surface area (Å²) in [6, 6.07) is 12.4. The monoisotopic (exact) mass is 412 g/mol. The normalized spacial score (nSPS) is 11.0. The summed E-state index contributed by atoms with van der Waals surface area (Å²) in [5, 5.41) is 1.61. The zero-order valence-electron chi connectivity index (χ0n) is 15.1. The maximum absolute atomic E-state index is 12.5. The summed E-state index contributed by atoms with van der Waals surface area (Å²) in [6.45, 7) is -0.291. The molecule has 0 saturated heterocycles. The Kier molecular flexibility index (Phi) is 4.82. The van der Waals surface area contributed by atoms with Crippen LogP contribution in [0.2, 0.25) is 5.02 Å². The Morgan fingerprint density at radius 1 is 0.966 bits per heavy atom. The molecule has 7 nitrogen and oxygen atoms in total. The third-order valence-corrected chi connectivity index (χ3v) is 4.52. The van der Waals surface area contributed by atoms with Gasteiger partial charge in [-0.25, -0.2) is 14.4 Å². The molecule has 0 saturated carbocycles. The molecule has 0 unspecified atom stereocenters. The van der Waals surface area contributed by atoms with Crippen LogP contribution in [0.3, 0.4) is 0 Å². The Hall–Kier alpha value is -3.58. The van der Waals surface area contributed by atoms with Crippen molar-refractivity contribution in [3.05, 3.63) is 74.4 Å². The molecular weight excluding hydrogens is 400 g/mol. The van der Waals surface area contributed by atoms with Crippen LogP contribution in [0.25, 0.3) is 33.1 Å². The van der Waals surface area contributed by atoms with Crippen molar-refractivity contribution in [3.63, 3.8) is 0 Å². The molecule has 0 N–H and O–H groups in total. The molecule has 0 atom stereocenters. The lowest BCUT2D eigenvalue weighted by molar-refractivity contribution is -0.142. The molecule has 0 amide bonds. The number of benzene rings is 2. The highest BCUT2D eigenvalue weighted by atomic mass is 35.5. The fourth-order valence-electron chi connectivity index (χ4n) is 2.94. The molecule has 2 heterocycles. The maximum Gasteiger partial charge on any atom is 0.344 e. The van der Waals surface area contributed by atoms with Gasteiger partial charge >= 0.3 is 17.2 Å². The summed E-state index contributed by atoms with van der Waals surface area (Å²) in [6.07, 6.45) is 0. The second-order valence-corrected chi connectivity index (χ2v) is 6.57. The van der Waals surface area contributed by atoms with Gasteiger partial charge in [-0.15, -0.1) is 0 Å². The SMILES string of the molecule is COC(=O)COc1ccc2c(-c3cc4cc(Cl)ccc4oc3=O)cc(=O)oc2c1. The van der Waals surface area contributed by atoms with Crippen molar-refractivity contribution in [2.75, 3.05) is 13.7 Å². The number of fused-ring (bicyclic) bond motifs is 2. The number of carbonyl (C=O) groups is 1. The van der Waals surface area contributed by atoms with Gasteiger partial charge in [-0.3, -0.25) is 0 Å². The van der Waals surface area contributed by atoms with E-state index in [0.717, 1.165) is 0 Å². The Morgan fingerprint density at radius 2 is 1.79 bits per heavy atom. The molecule has 0 spiro atoms. The quantitative estimate of drug-likeness (QED) is 0.372. The summed E-state index contributed by atoms with van der Waals surface area (Å²) in [7, 11) is 1.25. The van der Waals surface area contributed by atoms with E-state index in [4.69, 9.17) is 25.2 Å². The van der Waals surface area contributed by atoms with E-state index < -0.39 is 17.2 Å². The zero-order valence-corrected chi connectivity index (χ0v) is 15.8. The van der Waals surface area contributed by atoms with Gasteiger partial charge in [0.05, 0.1) is 12.7 Å². The molecule has 4 rings (SSSR count). The van der Waals surface area contributed by atoms with Crippen molar-refractivity contribution in [1.29, 1.82) is 0 Å². The average molecular weight is 413 g/mol. The molecule has 0 bridgehead atoms. The lowest BCUT2D eigenvalue weighted by atomic mass is 10.0. The van der Waals surface area contributed by atoms with E-state index in [1.54, 1.807) is 36.4 Å². The van der Waals surface area contributed by atoms with Crippen molar-refractivity contribution in [3.8, 4) is 16.9 Å². The van der Waals surface area contributed by atoms with Crippen LogP contribution in [0, 0.1) is 0 Å². The Bertz CT molecular complexity index is 1370. The number of hydrogen-bond acceptors (Lipinski definition) is 7. The summed E-state index contributed by atoms with van der Waals surface area (Å²) in [5.74, 6) is -0.242. The molecule has 8 heteroatoms. The lowest BCUT2D eigenvalue weighted by Gasteiger charge is -2.08. The first-order chi connectivity index (χ1) is 13.9. The van der Waals surface area contributed by atoms with Crippen LogP contribution >= 0.6 is 11.6 Å². The summed E-state index contributed by atoms with van der Waals surface area (Å²) in [5.41, 5.74) is -0.123. The second kappa shape index (κ2) is 7.44. The molecule has 29 heavy (non-hydrogen) atoms. The number of rotatable bonds is 4. The lowest BCUT2D eigenvalue weighted by Crippen LogP contribution is -2.12. The number of carbonyl (C=O) groups excluding carboxylic acids is 1. The van der Waals surface area contributed by atoms with Crippen molar-refractivity contribution in [1.82, 2.24) is 0 Å². The van der Waals surface area contributed by atoms with Crippen molar-refractivity contribution < 1.29 is 23.1 Å². The maximum atomic E-state index is 12.5. The molecule has 0 aliphatic carbocycles. The van der Waals surface area contributed by atoms with Crippen LogP contribution < -0.4 is 16.0 Å². The molecule has 0 aliphatic rings. The molecule has 2 aromatic carbocycles. The topological polar surface area (TPSA) is 96.0 Å². The fourth-order valence-corrected chi connectivity index (χ4v) is 3.12. The smallest absolute Gasteiger partial charge is 0.344 e. The summed E-state index contributed by atoms with van der Waals surface area (Å²) < 4.78 is 20.4. The molecule has 146 valence electrons. The van der Waals surface area contributed by atoms with E-state index in [1.165, 1.54) is 19.2 Å². The number of hydrogen-bond donors (Lipinski definition) is 0. The number of methoxy groups -OCH3 is 1. The van der Waals surface area contributed by atoms with Gasteiger partial charge in [0.15, 0.2) is 6.61 Å². The third-order valence-electron chi connectivity index (χ3n) is 4.28. The molecule has 0 aliphatic heterocycles. The van der Waals surface area contributed by atoms with Gasteiger partial charge in [-0.2, -0.15) is 0 Å². The minimum atomic E-state index is -0.650. The minimum absolute atomic E-state index is 0.195. The number of ether oxygens (including phenoxy) is 2. The second-order valence-electron chi connectivity index (χ2n) is 6.13. The predicted octanol–water partition coefficient (Wildman–Crippen LogP) is 3.77. The third kappa shape index (κ3) is 3.72. The van der Waals surface area contributed by atoms with Crippen molar-refractivity contribution in [2.24, 2.45) is 0 Å². The summed E-state index contributed by atoms with van der Waals surface area (Å²) in [4.78, 5) is 35.9. The Balaban J connectivity index is 1.87. The largest absolute Gasteiger partial charge is 0.482 e. The fraction of sp³-hybridized carbons (Fsp3) is 0.0952. The first kappa shape index (κ1) is 18.8. The van der Waals surface area contributed by atoms with Gasteiger partial charge in [0.2, 0.25) is 0 Å². The van der Waals surface area contributed by atoms with Gasteiger partial charge < -0.3 is 18.3 Å². The van der Waals surface area contributed by atoms with Gasteiger partial charge in [0, 0.05) is 33.5 Å². The van der Waals surface area contributed by atoms with E-state index in [0.29, 0.717) is 32.7 Å². The van der Waals surface area contributed by atoms with Gasteiger partial charge in [-0.1, -0.05) is 11.6 Å². The Labute approximate surface area is 168 Å². The number of halogens is 1. The van der Waals surface area contributed by atoms with Crippen molar-refractivity contribution >= 4 is 39.5 Å².